The molecule has 12 nitrogen and oxygen atoms in total. The number of H-pyrrole nitrogens is 1. The second-order valence-corrected chi connectivity index (χ2v) is 13.3. The lowest BCUT2D eigenvalue weighted by atomic mass is 9.88. The third-order valence-electron chi connectivity index (χ3n) is 8.58. The number of rotatable bonds is 6. The molecule has 1 saturated heterocycles. The van der Waals surface area contributed by atoms with Crippen molar-refractivity contribution in [3.05, 3.63) is 64.8 Å². The summed E-state index contributed by atoms with van der Waals surface area (Å²) >= 11 is 6.39. The fourth-order valence-electron chi connectivity index (χ4n) is 6.25. The summed E-state index contributed by atoms with van der Waals surface area (Å²) in [5, 5.41) is 18.9. The lowest BCUT2D eigenvalue weighted by Crippen LogP contribution is -2.56. The van der Waals surface area contributed by atoms with Crippen LogP contribution in [0.2, 0.25) is 5.02 Å². The standard InChI is InChI=1S/C31H41ClN6O2.C2HF3O2.CHF3.CH2O2/c1-21(26-18-33-27-9-6-5-8-25(26)27)29(34-31(40)37-13-7-12-36(4)14-15-37)30(39)38-20-22(19-35(2)3)16-23-17-24(32)10-11-28(23)38;3-2(4,5)1(6)7;2-1(3)4;2-1-3/h5-6,8-11,17-18,21-22,29,33H,7,12-16,19-20H2,1-4H3,(H,34,40);(H,6,7);1H;1H,(H,2,3)/t21?,22-,29?;;;/m1.../s1. The predicted molar refractivity (Wildman–Crippen MR) is 192 cm³/mol. The number of aliphatic carboxylic acids is 1. The Hall–Kier alpha value is -4.55. The first kappa shape index (κ1) is 45.6. The zero-order valence-corrected chi connectivity index (χ0v) is 30.9. The Morgan fingerprint density at radius 1 is 1.07 bits per heavy atom. The molecule has 3 heterocycles. The predicted octanol–water partition coefficient (Wildman–Crippen LogP) is 5.92. The van der Waals surface area contributed by atoms with Crippen molar-refractivity contribution < 1.29 is 55.7 Å². The first-order valence-electron chi connectivity index (χ1n) is 16.6. The third-order valence-corrected chi connectivity index (χ3v) is 8.81. The number of amides is 3. The van der Waals surface area contributed by atoms with Crippen molar-refractivity contribution in [2.45, 2.75) is 44.6 Å². The highest BCUT2D eigenvalue weighted by atomic mass is 35.5. The molecule has 2 unspecified atom stereocenters. The van der Waals surface area contributed by atoms with Gasteiger partial charge in [-0.05, 0) is 81.8 Å². The van der Waals surface area contributed by atoms with Crippen molar-refractivity contribution in [2.75, 3.05) is 65.3 Å². The molecule has 3 aromatic rings. The fraction of sp³-hybridized carbons (Fsp3) is 0.486. The molecule has 54 heavy (non-hydrogen) atoms. The van der Waals surface area contributed by atoms with Gasteiger partial charge in [0.1, 0.15) is 6.04 Å². The van der Waals surface area contributed by atoms with Gasteiger partial charge in [-0.1, -0.05) is 36.7 Å². The Kier molecular flexibility index (Phi) is 18.0. The number of anilines is 1. The largest absolute Gasteiger partial charge is 0.490 e. The summed E-state index contributed by atoms with van der Waals surface area (Å²) in [6.07, 6.45) is -1.34. The number of halogens is 7. The van der Waals surface area contributed by atoms with Crippen molar-refractivity contribution in [3.8, 4) is 0 Å². The number of aromatic nitrogens is 1. The van der Waals surface area contributed by atoms with Crippen LogP contribution in [0.4, 0.5) is 36.8 Å². The number of hydrogen-bond acceptors (Lipinski definition) is 6. The van der Waals surface area contributed by atoms with E-state index in [0.29, 0.717) is 24.7 Å². The maximum atomic E-state index is 14.6. The van der Waals surface area contributed by atoms with E-state index in [1.165, 1.54) is 0 Å². The van der Waals surface area contributed by atoms with Crippen LogP contribution in [0.25, 0.3) is 10.9 Å². The van der Waals surface area contributed by atoms with Crippen LogP contribution < -0.4 is 10.2 Å². The Morgan fingerprint density at radius 3 is 2.28 bits per heavy atom. The second-order valence-electron chi connectivity index (χ2n) is 12.9. The molecular formula is C35H45ClF6N6O6. The van der Waals surface area contributed by atoms with Crippen LogP contribution in [-0.4, -0.2) is 134 Å². The van der Waals surface area contributed by atoms with E-state index in [4.69, 9.17) is 31.4 Å². The van der Waals surface area contributed by atoms with Crippen molar-refractivity contribution in [3.63, 3.8) is 0 Å². The number of benzene rings is 2. The minimum absolute atomic E-state index is 0.0925. The van der Waals surface area contributed by atoms with E-state index in [1.54, 1.807) is 0 Å². The van der Waals surface area contributed by atoms with E-state index >= 15 is 0 Å². The minimum atomic E-state index is -5.08. The molecular weight excluding hydrogens is 750 g/mol. The number of carbonyl (C=O) groups is 4. The van der Waals surface area contributed by atoms with Crippen molar-refractivity contribution >= 4 is 52.6 Å². The quantitative estimate of drug-likeness (QED) is 0.178. The zero-order chi connectivity index (χ0) is 40.7. The smallest absolute Gasteiger partial charge is 0.483 e. The molecule has 3 atom stereocenters. The number of likely N-dealkylation sites (N-methyl/N-ethyl adjacent to an activating group) is 1. The summed E-state index contributed by atoms with van der Waals surface area (Å²) < 4.78 is 60.7. The number of nitrogens with one attached hydrogen (secondary N) is 2. The van der Waals surface area contributed by atoms with Crippen LogP contribution in [-0.2, 0) is 20.8 Å². The van der Waals surface area contributed by atoms with E-state index in [9.17, 15) is 35.9 Å². The number of urea groups is 1. The summed E-state index contributed by atoms with van der Waals surface area (Å²) in [7, 11) is 6.19. The Balaban J connectivity index is 0.000000618. The molecule has 2 aromatic carbocycles. The molecule has 1 aromatic heterocycles. The Labute approximate surface area is 313 Å². The van der Waals surface area contributed by atoms with E-state index in [-0.39, 0.29) is 30.2 Å². The van der Waals surface area contributed by atoms with Gasteiger partial charge in [-0.3, -0.25) is 9.59 Å². The third kappa shape index (κ3) is 14.0. The highest BCUT2D eigenvalue weighted by molar-refractivity contribution is 6.30. The topological polar surface area (TPSA) is 150 Å². The van der Waals surface area contributed by atoms with Gasteiger partial charge in [0.05, 0.1) is 0 Å². The van der Waals surface area contributed by atoms with Crippen LogP contribution in [0, 0.1) is 5.92 Å². The summed E-state index contributed by atoms with van der Waals surface area (Å²) in [5.74, 6) is -2.85. The number of para-hydroxylation sites is 1. The van der Waals surface area contributed by atoms with Crippen LogP contribution in [0.3, 0.4) is 0 Å². The minimum Gasteiger partial charge on any atom is -0.483 e. The summed E-state index contributed by atoms with van der Waals surface area (Å²) in [5.41, 5.74) is 3.98. The number of carbonyl (C=O) groups excluding carboxylic acids is 2. The van der Waals surface area contributed by atoms with Gasteiger partial charge >= 0.3 is 24.9 Å². The Morgan fingerprint density at radius 2 is 1.69 bits per heavy atom. The molecule has 0 spiro atoms. The molecule has 0 aliphatic carbocycles. The van der Waals surface area contributed by atoms with Crippen LogP contribution in [0.15, 0.2) is 48.7 Å². The van der Waals surface area contributed by atoms with Gasteiger partial charge in [0.15, 0.2) is 0 Å². The van der Waals surface area contributed by atoms with Gasteiger partial charge < -0.3 is 40.1 Å². The van der Waals surface area contributed by atoms with Gasteiger partial charge in [0, 0.05) is 66.5 Å². The molecule has 1 fully saturated rings. The first-order chi connectivity index (χ1) is 25.3. The molecule has 2 aliphatic heterocycles. The zero-order valence-electron chi connectivity index (χ0n) is 30.1. The van der Waals surface area contributed by atoms with Crippen molar-refractivity contribution in [2.24, 2.45) is 5.92 Å². The molecule has 19 heteroatoms. The number of hydrogen-bond donors (Lipinski definition) is 4. The molecule has 3 amide bonds. The van der Waals surface area contributed by atoms with Gasteiger partial charge in [0.2, 0.25) is 5.91 Å². The van der Waals surface area contributed by atoms with Crippen molar-refractivity contribution in [1.29, 1.82) is 0 Å². The SMILES string of the molecule is CC(c1c[nH]c2ccccc12)C(NC(=O)N1CCCN(C)CC1)C(=O)N1C[C@@H](CN(C)C)Cc2cc(Cl)ccc21.FC(F)F.O=C(O)C(F)(F)F.O=CO. The number of fused-ring (bicyclic) bond motifs is 2. The summed E-state index contributed by atoms with van der Waals surface area (Å²) in [4.78, 5) is 57.0. The van der Waals surface area contributed by atoms with Crippen LogP contribution in [0.1, 0.15) is 30.4 Å². The summed E-state index contributed by atoms with van der Waals surface area (Å²) in [6, 6.07) is 12.9. The van der Waals surface area contributed by atoms with Gasteiger partial charge in [-0.2, -0.15) is 26.3 Å². The number of carboxylic acid groups (broad SMARTS) is 2. The van der Waals surface area contributed by atoms with E-state index in [1.807, 2.05) is 59.3 Å². The normalized spacial score (nSPS) is 17.0. The van der Waals surface area contributed by atoms with Crippen molar-refractivity contribution in [1.82, 2.24) is 25.0 Å². The number of aromatic amines is 1. The van der Waals surface area contributed by atoms with Gasteiger partial charge in [-0.15, -0.1) is 0 Å². The molecule has 0 bridgehead atoms. The number of alkyl halides is 6. The molecule has 4 N–H and O–H groups in total. The fourth-order valence-corrected chi connectivity index (χ4v) is 6.45. The number of nitrogens with zero attached hydrogens (tertiary/aromatic N) is 4. The van der Waals surface area contributed by atoms with Crippen LogP contribution in [0.5, 0.6) is 0 Å². The summed E-state index contributed by atoms with van der Waals surface area (Å²) in [6.45, 7) is 2.65. The average Bonchev–Trinajstić information content (AvgIpc) is 3.39. The first-order valence-corrected chi connectivity index (χ1v) is 17.0. The highest BCUT2D eigenvalue weighted by Gasteiger charge is 2.39. The Bertz CT molecular complexity index is 1680. The lowest BCUT2D eigenvalue weighted by Gasteiger charge is -2.39. The lowest BCUT2D eigenvalue weighted by molar-refractivity contribution is -0.192. The monoisotopic (exact) mass is 794 g/mol. The van der Waals surface area contributed by atoms with E-state index in [0.717, 1.165) is 60.2 Å². The number of carboxylic acids is 1. The van der Waals surface area contributed by atoms with E-state index in [2.05, 4.69) is 47.3 Å². The maximum absolute atomic E-state index is 14.6. The van der Waals surface area contributed by atoms with Crippen LogP contribution >= 0.6 is 11.6 Å². The maximum Gasteiger partial charge on any atom is 0.490 e. The van der Waals surface area contributed by atoms with E-state index < -0.39 is 24.9 Å². The molecule has 0 saturated carbocycles. The van der Waals surface area contributed by atoms with Gasteiger partial charge in [0.25, 0.3) is 6.47 Å². The molecule has 5 rings (SSSR count). The average molecular weight is 795 g/mol. The van der Waals surface area contributed by atoms with Gasteiger partial charge in [-0.25, -0.2) is 9.59 Å². The molecule has 2 aliphatic rings. The molecule has 300 valence electrons. The molecule has 0 radical (unpaired) electrons. The highest BCUT2D eigenvalue weighted by Crippen LogP contribution is 2.35. The second kappa shape index (κ2) is 21.4.